The highest BCUT2D eigenvalue weighted by atomic mass is 32.2. The fourth-order valence-corrected chi connectivity index (χ4v) is 2.93. The first-order valence-electron chi connectivity index (χ1n) is 6.82. The van der Waals surface area contributed by atoms with Crippen molar-refractivity contribution in [2.45, 2.75) is 31.1 Å². The molecule has 0 spiro atoms. The zero-order valence-corrected chi connectivity index (χ0v) is 13.4. The van der Waals surface area contributed by atoms with Crippen LogP contribution in [-0.2, 0) is 0 Å². The zero-order valence-electron chi connectivity index (χ0n) is 12.6. The highest BCUT2D eigenvalue weighted by molar-refractivity contribution is 7.99. The van der Waals surface area contributed by atoms with Gasteiger partial charge in [0.25, 0.3) is 0 Å². The van der Waals surface area contributed by atoms with Gasteiger partial charge in [0, 0.05) is 6.08 Å². The molecule has 116 valence electrons. The Morgan fingerprint density at radius 1 is 1.24 bits per heavy atom. The predicted octanol–water partition coefficient (Wildman–Crippen LogP) is 4.23. The normalized spacial score (nSPS) is 10.8. The lowest BCUT2D eigenvalue weighted by atomic mass is 10.2. The summed E-state index contributed by atoms with van der Waals surface area (Å²) < 4.78 is 10.8. The summed E-state index contributed by atoms with van der Waals surface area (Å²) in [5, 5.41) is 10.4. The van der Waals surface area contributed by atoms with E-state index in [1.165, 1.54) is 18.9 Å². The van der Waals surface area contributed by atoms with Crippen LogP contribution >= 0.6 is 11.8 Å². The standard InChI is InChI=1S/C15H21NO4S/c1-4-5-6-9-21-15-13(19-2)10-12(7-8-16(17)18)11-14(15)20-3/h7-8,10-11H,4-6,9H2,1-3H3. The molecule has 6 heteroatoms. The van der Waals surface area contributed by atoms with Crippen LogP contribution < -0.4 is 9.47 Å². The fraction of sp³-hybridized carbons (Fsp3) is 0.467. The molecule has 0 saturated heterocycles. The molecule has 0 heterocycles. The number of methoxy groups -OCH3 is 2. The second-order valence-electron chi connectivity index (χ2n) is 4.41. The second-order valence-corrected chi connectivity index (χ2v) is 5.52. The predicted molar refractivity (Wildman–Crippen MR) is 85.8 cm³/mol. The third kappa shape index (κ3) is 5.67. The van der Waals surface area contributed by atoms with Crippen LogP contribution in [0, 0.1) is 10.1 Å². The molecule has 21 heavy (non-hydrogen) atoms. The number of unbranched alkanes of at least 4 members (excludes halogenated alkanes) is 2. The van der Waals surface area contributed by atoms with E-state index in [-0.39, 0.29) is 0 Å². The zero-order chi connectivity index (χ0) is 15.7. The first-order chi connectivity index (χ1) is 10.1. The van der Waals surface area contributed by atoms with Gasteiger partial charge in [0.1, 0.15) is 11.5 Å². The van der Waals surface area contributed by atoms with E-state index in [9.17, 15) is 10.1 Å². The lowest BCUT2D eigenvalue weighted by Crippen LogP contribution is -1.94. The quantitative estimate of drug-likeness (QED) is 0.295. The average Bonchev–Trinajstić information content (AvgIpc) is 2.49. The molecule has 0 atom stereocenters. The molecule has 5 nitrogen and oxygen atoms in total. The topological polar surface area (TPSA) is 61.6 Å². The number of nitro groups is 1. The third-order valence-electron chi connectivity index (χ3n) is 2.87. The Hall–Kier alpha value is -1.69. The summed E-state index contributed by atoms with van der Waals surface area (Å²) in [5.41, 5.74) is 0.679. The van der Waals surface area contributed by atoms with Crippen molar-refractivity contribution in [3.63, 3.8) is 0 Å². The van der Waals surface area contributed by atoms with E-state index in [1.54, 1.807) is 38.1 Å². The molecule has 0 aliphatic heterocycles. The van der Waals surface area contributed by atoms with Gasteiger partial charge in [0.15, 0.2) is 0 Å². The summed E-state index contributed by atoms with van der Waals surface area (Å²) in [6.07, 6.45) is 5.84. The maximum Gasteiger partial charge on any atom is 0.235 e. The van der Waals surface area contributed by atoms with Gasteiger partial charge in [-0.25, -0.2) is 0 Å². The minimum Gasteiger partial charge on any atom is -0.495 e. The number of hydrogen-bond acceptors (Lipinski definition) is 5. The first kappa shape index (κ1) is 17.4. The van der Waals surface area contributed by atoms with Crippen LogP contribution in [0.2, 0.25) is 0 Å². The van der Waals surface area contributed by atoms with Crippen molar-refractivity contribution >= 4 is 17.8 Å². The smallest absolute Gasteiger partial charge is 0.235 e. The van der Waals surface area contributed by atoms with Crippen LogP contribution in [0.3, 0.4) is 0 Å². The molecule has 0 aliphatic rings. The van der Waals surface area contributed by atoms with Gasteiger partial charge < -0.3 is 9.47 Å². The molecule has 0 fully saturated rings. The van der Waals surface area contributed by atoms with Crippen LogP contribution in [0.25, 0.3) is 6.08 Å². The molecule has 1 rings (SSSR count). The van der Waals surface area contributed by atoms with Crippen molar-refractivity contribution in [2.24, 2.45) is 0 Å². The van der Waals surface area contributed by atoms with E-state index in [0.29, 0.717) is 17.1 Å². The number of ether oxygens (including phenoxy) is 2. The van der Waals surface area contributed by atoms with Gasteiger partial charge >= 0.3 is 0 Å². The second kappa shape index (κ2) is 9.28. The van der Waals surface area contributed by atoms with Crippen molar-refractivity contribution in [2.75, 3.05) is 20.0 Å². The lowest BCUT2D eigenvalue weighted by Gasteiger charge is -2.13. The number of nitrogens with zero attached hydrogens (tertiary/aromatic N) is 1. The molecular weight excluding hydrogens is 290 g/mol. The number of thioether (sulfide) groups is 1. The minimum absolute atomic E-state index is 0.494. The largest absolute Gasteiger partial charge is 0.495 e. The van der Waals surface area contributed by atoms with E-state index in [4.69, 9.17) is 9.47 Å². The summed E-state index contributed by atoms with van der Waals surface area (Å²) in [4.78, 5) is 10.8. The van der Waals surface area contributed by atoms with E-state index in [0.717, 1.165) is 23.3 Å². The highest BCUT2D eigenvalue weighted by Gasteiger charge is 2.12. The number of benzene rings is 1. The molecule has 0 aromatic heterocycles. The van der Waals surface area contributed by atoms with E-state index >= 15 is 0 Å². The monoisotopic (exact) mass is 311 g/mol. The first-order valence-corrected chi connectivity index (χ1v) is 7.81. The minimum atomic E-state index is -0.494. The van der Waals surface area contributed by atoms with Crippen molar-refractivity contribution in [1.82, 2.24) is 0 Å². The van der Waals surface area contributed by atoms with Crippen LogP contribution in [-0.4, -0.2) is 24.9 Å². The van der Waals surface area contributed by atoms with Crippen molar-refractivity contribution in [3.8, 4) is 11.5 Å². The summed E-state index contributed by atoms with van der Waals surface area (Å²) in [5.74, 6) is 2.35. The van der Waals surface area contributed by atoms with Gasteiger partial charge in [-0.2, -0.15) is 0 Å². The number of rotatable bonds is 9. The molecule has 0 bridgehead atoms. The molecule has 0 amide bonds. The van der Waals surface area contributed by atoms with E-state index in [1.807, 2.05) is 0 Å². The Morgan fingerprint density at radius 2 is 1.86 bits per heavy atom. The maximum absolute atomic E-state index is 10.4. The number of hydrogen-bond donors (Lipinski definition) is 0. The summed E-state index contributed by atoms with van der Waals surface area (Å²) in [7, 11) is 3.18. The van der Waals surface area contributed by atoms with Crippen LogP contribution in [0.4, 0.5) is 0 Å². The third-order valence-corrected chi connectivity index (χ3v) is 4.05. The Kier molecular flexibility index (Phi) is 7.68. The average molecular weight is 311 g/mol. The van der Waals surface area contributed by atoms with Gasteiger partial charge in [0.05, 0.1) is 24.0 Å². The van der Waals surface area contributed by atoms with Gasteiger partial charge in [-0.1, -0.05) is 19.8 Å². The summed E-state index contributed by atoms with van der Waals surface area (Å²) in [6.45, 7) is 2.17. The van der Waals surface area contributed by atoms with Crippen LogP contribution in [0.15, 0.2) is 23.2 Å². The van der Waals surface area contributed by atoms with Crippen molar-refractivity contribution < 1.29 is 14.4 Å². The van der Waals surface area contributed by atoms with Gasteiger partial charge in [0.2, 0.25) is 6.20 Å². The van der Waals surface area contributed by atoms with Gasteiger partial charge in [-0.3, -0.25) is 10.1 Å². The Morgan fingerprint density at radius 3 is 2.33 bits per heavy atom. The fourth-order valence-electron chi connectivity index (χ4n) is 1.81. The van der Waals surface area contributed by atoms with Crippen molar-refractivity contribution in [1.29, 1.82) is 0 Å². The highest BCUT2D eigenvalue weighted by Crippen LogP contribution is 2.39. The maximum atomic E-state index is 10.4. The van der Waals surface area contributed by atoms with E-state index in [2.05, 4.69) is 6.92 Å². The molecule has 0 aliphatic carbocycles. The Balaban J connectivity index is 2.98. The lowest BCUT2D eigenvalue weighted by molar-refractivity contribution is -0.400. The summed E-state index contributed by atoms with van der Waals surface area (Å²) in [6, 6.07) is 3.56. The van der Waals surface area contributed by atoms with Crippen LogP contribution in [0.1, 0.15) is 31.7 Å². The Labute approximate surface area is 129 Å². The molecule has 1 aromatic rings. The van der Waals surface area contributed by atoms with E-state index < -0.39 is 4.92 Å². The molecule has 0 saturated carbocycles. The molecule has 0 N–H and O–H groups in total. The molecule has 1 aromatic carbocycles. The molecular formula is C15H21NO4S. The van der Waals surface area contributed by atoms with Crippen molar-refractivity contribution in [3.05, 3.63) is 34.0 Å². The molecule has 0 radical (unpaired) electrons. The van der Waals surface area contributed by atoms with Crippen LogP contribution in [0.5, 0.6) is 11.5 Å². The SMILES string of the molecule is CCCCCSc1c(OC)cc(C=C[N+](=O)[O-])cc1OC. The molecule has 0 unspecified atom stereocenters. The Bertz CT molecular complexity index is 477. The van der Waals surface area contributed by atoms with Gasteiger partial charge in [-0.15, -0.1) is 11.8 Å². The van der Waals surface area contributed by atoms with Gasteiger partial charge in [-0.05, 0) is 29.9 Å². The summed E-state index contributed by atoms with van der Waals surface area (Å²) >= 11 is 1.69.